The molecule has 1 atom stereocenters. The van der Waals surface area contributed by atoms with Gasteiger partial charge in [0.25, 0.3) is 0 Å². The zero-order valence-electron chi connectivity index (χ0n) is 11.9. The van der Waals surface area contributed by atoms with E-state index in [9.17, 15) is 13.2 Å². The number of nitrogens with one attached hydrogen (secondary N) is 3. The van der Waals surface area contributed by atoms with Crippen molar-refractivity contribution in [1.29, 1.82) is 0 Å². The van der Waals surface area contributed by atoms with Crippen LogP contribution in [-0.4, -0.2) is 33.2 Å². The fourth-order valence-corrected chi connectivity index (χ4v) is 2.36. The van der Waals surface area contributed by atoms with E-state index >= 15 is 0 Å². The molecule has 0 saturated heterocycles. The van der Waals surface area contributed by atoms with Gasteiger partial charge >= 0.3 is 0 Å². The highest BCUT2D eigenvalue weighted by Crippen LogP contribution is 2.22. The second-order valence-electron chi connectivity index (χ2n) is 4.63. The number of hydrogen-bond acceptors (Lipinski definition) is 4. The molecule has 1 amide bonds. The van der Waals surface area contributed by atoms with Crippen molar-refractivity contribution >= 4 is 27.3 Å². The highest BCUT2D eigenvalue weighted by Gasteiger charge is 2.12. The molecule has 1 rings (SSSR count). The van der Waals surface area contributed by atoms with Crippen LogP contribution in [0.4, 0.5) is 11.4 Å². The van der Waals surface area contributed by atoms with Gasteiger partial charge in [-0.1, -0.05) is 19.1 Å². The molecule has 0 bridgehead atoms. The number of carbonyl (C=O) groups is 1. The maximum atomic E-state index is 11.9. The summed E-state index contributed by atoms with van der Waals surface area (Å²) in [6.45, 7) is 4.68. The molecule has 0 fully saturated rings. The summed E-state index contributed by atoms with van der Waals surface area (Å²) in [5, 5.41) is 5.86. The molecule has 1 aromatic carbocycles. The number of benzene rings is 1. The SMILES string of the molecule is CCNC(C)CC(=O)Nc1ccccc1NS(C)(=O)=O. The molecule has 6 nitrogen and oxygen atoms in total. The van der Waals surface area contributed by atoms with Crippen molar-refractivity contribution < 1.29 is 13.2 Å². The van der Waals surface area contributed by atoms with Crippen molar-refractivity contribution in [2.24, 2.45) is 0 Å². The van der Waals surface area contributed by atoms with E-state index in [-0.39, 0.29) is 11.9 Å². The molecule has 0 aromatic heterocycles. The first kappa shape index (κ1) is 16.5. The molecule has 0 aliphatic carbocycles. The smallest absolute Gasteiger partial charge is 0.229 e. The summed E-state index contributed by atoms with van der Waals surface area (Å²) < 4.78 is 24.9. The first-order valence-electron chi connectivity index (χ1n) is 6.42. The Morgan fingerprint density at radius 1 is 1.25 bits per heavy atom. The molecule has 3 N–H and O–H groups in total. The van der Waals surface area contributed by atoms with Crippen LogP contribution in [0.2, 0.25) is 0 Å². The summed E-state index contributed by atoms with van der Waals surface area (Å²) in [5.74, 6) is -0.166. The van der Waals surface area contributed by atoms with Crippen molar-refractivity contribution in [1.82, 2.24) is 5.32 Å². The van der Waals surface area contributed by atoms with Gasteiger partial charge < -0.3 is 10.6 Å². The van der Waals surface area contributed by atoms with Crippen LogP contribution in [0, 0.1) is 0 Å². The topological polar surface area (TPSA) is 87.3 Å². The van der Waals surface area contributed by atoms with Crippen LogP contribution in [0.15, 0.2) is 24.3 Å². The predicted molar refractivity (Wildman–Crippen MR) is 81.3 cm³/mol. The lowest BCUT2D eigenvalue weighted by atomic mass is 10.2. The van der Waals surface area contributed by atoms with E-state index < -0.39 is 10.0 Å². The Hall–Kier alpha value is -1.60. The molecular weight excluding hydrogens is 278 g/mol. The molecule has 20 heavy (non-hydrogen) atoms. The third-order valence-electron chi connectivity index (χ3n) is 2.54. The Morgan fingerprint density at radius 2 is 1.85 bits per heavy atom. The Labute approximate surface area is 120 Å². The molecule has 112 valence electrons. The van der Waals surface area contributed by atoms with Gasteiger partial charge in [-0.3, -0.25) is 9.52 Å². The summed E-state index contributed by atoms with van der Waals surface area (Å²) in [7, 11) is -3.38. The quantitative estimate of drug-likeness (QED) is 0.710. The molecule has 0 spiro atoms. The van der Waals surface area contributed by atoms with Crippen LogP contribution in [-0.2, 0) is 14.8 Å². The van der Waals surface area contributed by atoms with Gasteiger partial charge in [0.1, 0.15) is 0 Å². The molecule has 0 heterocycles. The molecule has 0 radical (unpaired) electrons. The number of hydrogen-bond donors (Lipinski definition) is 3. The van der Waals surface area contributed by atoms with Gasteiger partial charge in [0.2, 0.25) is 15.9 Å². The fourth-order valence-electron chi connectivity index (χ4n) is 1.78. The largest absolute Gasteiger partial charge is 0.324 e. The fraction of sp³-hybridized carbons (Fsp3) is 0.462. The molecular formula is C13H21N3O3S. The number of rotatable bonds is 7. The van der Waals surface area contributed by atoms with Crippen LogP contribution in [0.3, 0.4) is 0 Å². The third-order valence-corrected chi connectivity index (χ3v) is 3.13. The Bertz CT molecular complexity index is 558. The van der Waals surface area contributed by atoms with E-state index in [0.717, 1.165) is 12.8 Å². The number of carbonyl (C=O) groups excluding carboxylic acids is 1. The average Bonchev–Trinajstić information content (AvgIpc) is 2.30. The lowest BCUT2D eigenvalue weighted by Gasteiger charge is -2.14. The molecule has 0 saturated carbocycles. The summed E-state index contributed by atoms with van der Waals surface area (Å²) in [5.41, 5.74) is 0.811. The Kier molecular flexibility index (Phi) is 5.97. The number of sulfonamides is 1. The van der Waals surface area contributed by atoms with Crippen molar-refractivity contribution in [3.05, 3.63) is 24.3 Å². The second kappa shape index (κ2) is 7.25. The molecule has 7 heteroatoms. The summed E-state index contributed by atoms with van der Waals surface area (Å²) in [6.07, 6.45) is 1.39. The lowest BCUT2D eigenvalue weighted by Crippen LogP contribution is -2.30. The molecule has 1 unspecified atom stereocenters. The van der Waals surface area contributed by atoms with E-state index in [2.05, 4.69) is 15.4 Å². The van der Waals surface area contributed by atoms with Crippen molar-refractivity contribution in [2.75, 3.05) is 22.8 Å². The highest BCUT2D eigenvalue weighted by atomic mass is 32.2. The molecule has 0 aliphatic heterocycles. The minimum absolute atomic E-state index is 0.0648. The summed E-state index contributed by atoms with van der Waals surface area (Å²) >= 11 is 0. The predicted octanol–water partition coefficient (Wildman–Crippen LogP) is 1.38. The molecule has 0 aliphatic rings. The van der Waals surface area contributed by atoms with E-state index in [1.54, 1.807) is 24.3 Å². The monoisotopic (exact) mass is 299 g/mol. The van der Waals surface area contributed by atoms with Gasteiger partial charge in [0.05, 0.1) is 17.6 Å². The van der Waals surface area contributed by atoms with Crippen LogP contribution < -0.4 is 15.4 Å². The first-order chi connectivity index (χ1) is 9.31. The minimum Gasteiger partial charge on any atom is -0.324 e. The van der Waals surface area contributed by atoms with Crippen LogP contribution in [0.1, 0.15) is 20.3 Å². The third kappa shape index (κ3) is 6.03. The van der Waals surface area contributed by atoms with E-state index in [1.165, 1.54) is 0 Å². The molecule has 1 aromatic rings. The van der Waals surface area contributed by atoms with Gasteiger partial charge in [0, 0.05) is 12.5 Å². The Morgan fingerprint density at radius 3 is 2.40 bits per heavy atom. The normalized spacial score (nSPS) is 12.8. The van der Waals surface area contributed by atoms with E-state index in [4.69, 9.17) is 0 Å². The van der Waals surface area contributed by atoms with Crippen LogP contribution in [0.25, 0.3) is 0 Å². The van der Waals surface area contributed by atoms with E-state index in [0.29, 0.717) is 17.8 Å². The standard InChI is InChI=1S/C13H21N3O3S/c1-4-14-10(2)9-13(17)15-11-7-5-6-8-12(11)16-20(3,18)19/h5-8,10,14,16H,4,9H2,1-3H3,(H,15,17). The summed E-state index contributed by atoms with van der Waals surface area (Å²) in [4.78, 5) is 11.9. The lowest BCUT2D eigenvalue weighted by molar-refractivity contribution is -0.116. The number of anilines is 2. The number of para-hydroxylation sites is 2. The van der Waals surface area contributed by atoms with Crippen LogP contribution >= 0.6 is 0 Å². The van der Waals surface area contributed by atoms with Gasteiger partial charge in [-0.15, -0.1) is 0 Å². The zero-order chi connectivity index (χ0) is 15.2. The van der Waals surface area contributed by atoms with Gasteiger partial charge in [0.15, 0.2) is 0 Å². The van der Waals surface area contributed by atoms with Crippen LogP contribution in [0.5, 0.6) is 0 Å². The highest BCUT2D eigenvalue weighted by molar-refractivity contribution is 7.92. The van der Waals surface area contributed by atoms with Gasteiger partial charge in [-0.25, -0.2) is 8.42 Å². The van der Waals surface area contributed by atoms with Crippen molar-refractivity contribution in [2.45, 2.75) is 26.3 Å². The maximum Gasteiger partial charge on any atom is 0.229 e. The maximum absolute atomic E-state index is 11.9. The van der Waals surface area contributed by atoms with Crippen molar-refractivity contribution in [3.63, 3.8) is 0 Å². The second-order valence-corrected chi connectivity index (χ2v) is 6.38. The Balaban J connectivity index is 2.75. The number of amides is 1. The van der Waals surface area contributed by atoms with Gasteiger partial charge in [-0.2, -0.15) is 0 Å². The van der Waals surface area contributed by atoms with E-state index in [1.807, 2.05) is 13.8 Å². The summed E-state index contributed by atoms with van der Waals surface area (Å²) in [6, 6.07) is 6.75. The minimum atomic E-state index is -3.38. The average molecular weight is 299 g/mol. The zero-order valence-corrected chi connectivity index (χ0v) is 12.8. The van der Waals surface area contributed by atoms with Crippen molar-refractivity contribution in [3.8, 4) is 0 Å². The van der Waals surface area contributed by atoms with Gasteiger partial charge in [-0.05, 0) is 25.6 Å². The first-order valence-corrected chi connectivity index (χ1v) is 8.31.